The molecule has 0 amide bonds. The van der Waals surface area contributed by atoms with Gasteiger partial charge in [-0.05, 0) is 18.2 Å². The molecule has 1 rings (SSSR count). The second-order valence-corrected chi connectivity index (χ2v) is 5.98. The van der Waals surface area contributed by atoms with Gasteiger partial charge in [0.25, 0.3) is 0 Å². The highest BCUT2D eigenvalue weighted by atomic mass is 35.5. The van der Waals surface area contributed by atoms with Gasteiger partial charge in [-0.1, -0.05) is 38.4 Å². The standard InChI is InChI=1S/C13H15ClF3NO2/c1-11(2,3)12(14,10(19)20)18-9-6-4-5-8(7-9)13(15,16)17/h4-7,18H,1-3H3,(H,19,20). The van der Waals surface area contributed by atoms with Gasteiger partial charge in [-0.25, -0.2) is 4.79 Å². The third-order valence-electron chi connectivity index (χ3n) is 2.83. The maximum atomic E-state index is 12.6. The number of halogens is 4. The van der Waals surface area contributed by atoms with Gasteiger partial charge in [0, 0.05) is 11.1 Å². The van der Waals surface area contributed by atoms with E-state index >= 15 is 0 Å². The lowest BCUT2D eigenvalue weighted by atomic mass is 9.85. The van der Waals surface area contributed by atoms with Gasteiger partial charge in [-0.15, -0.1) is 0 Å². The highest BCUT2D eigenvalue weighted by Crippen LogP contribution is 2.38. The molecule has 2 N–H and O–H groups in total. The number of hydrogen-bond acceptors (Lipinski definition) is 2. The Balaban J connectivity index is 3.18. The summed E-state index contributed by atoms with van der Waals surface area (Å²) in [5.41, 5.74) is -1.80. The number of rotatable bonds is 3. The number of anilines is 1. The van der Waals surface area contributed by atoms with E-state index in [1.165, 1.54) is 12.1 Å². The van der Waals surface area contributed by atoms with Crippen molar-refractivity contribution in [2.45, 2.75) is 31.9 Å². The molecule has 0 fully saturated rings. The monoisotopic (exact) mass is 309 g/mol. The van der Waals surface area contributed by atoms with Crippen LogP contribution >= 0.6 is 11.6 Å². The number of carboxylic acid groups (broad SMARTS) is 1. The molecule has 0 saturated heterocycles. The van der Waals surface area contributed by atoms with Gasteiger partial charge in [0.2, 0.25) is 5.00 Å². The summed E-state index contributed by atoms with van der Waals surface area (Å²) in [6.07, 6.45) is -4.50. The fourth-order valence-corrected chi connectivity index (χ4v) is 1.64. The van der Waals surface area contributed by atoms with Crippen LogP contribution in [-0.2, 0) is 11.0 Å². The van der Waals surface area contributed by atoms with Crippen LogP contribution in [0.2, 0.25) is 0 Å². The van der Waals surface area contributed by atoms with Gasteiger partial charge >= 0.3 is 12.1 Å². The number of benzene rings is 1. The van der Waals surface area contributed by atoms with Crippen molar-refractivity contribution >= 4 is 23.3 Å². The summed E-state index contributed by atoms with van der Waals surface area (Å²) in [6, 6.07) is 4.25. The lowest BCUT2D eigenvalue weighted by Crippen LogP contribution is -2.51. The first kappa shape index (κ1) is 16.6. The van der Waals surface area contributed by atoms with Crippen molar-refractivity contribution < 1.29 is 23.1 Å². The lowest BCUT2D eigenvalue weighted by molar-refractivity contribution is -0.142. The van der Waals surface area contributed by atoms with E-state index in [0.29, 0.717) is 0 Å². The summed E-state index contributed by atoms with van der Waals surface area (Å²) < 4.78 is 37.8. The SMILES string of the molecule is CC(C)(C)C(Cl)(Nc1cccc(C(F)(F)F)c1)C(=O)O. The number of aliphatic carboxylic acids is 1. The molecule has 0 aliphatic rings. The van der Waals surface area contributed by atoms with Crippen molar-refractivity contribution in [2.24, 2.45) is 5.41 Å². The molecule has 0 saturated carbocycles. The molecule has 0 bridgehead atoms. The molecule has 0 aliphatic heterocycles. The molecule has 1 aromatic carbocycles. The molecule has 0 aromatic heterocycles. The van der Waals surface area contributed by atoms with Crippen LogP contribution in [0.25, 0.3) is 0 Å². The van der Waals surface area contributed by atoms with Crippen LogP contribution in [0.4, 0.5) is 18.9 Å². The highest BCUT2D eigenvalue weighted by molar-refractivity contribution is 6.35. The zero-order valence-electron chi connectivity index (χ0n) is 11.2. The van der Waals surface area contributed by atoms with Gasteiger partial charge < -0.3 is 10.4 Å². The van der Waals surface area contributed by atoms with Crippen molar-refractivity contribution in [3.05, 3.63) is 29.8 Å². The fraction of sp³-hybridized carbons (Fsp3) is 0.462. The molecule has 0 spiro atoms. The molecular formula is C13H15ClF3NO2. The van der Waals surface area contributed by atoms with E-state index in [-0.39, 0.29) is 5.69 Å². The van der Waals surface area contributed by atoms with Crippen LogP contribution in [0.1, 0.15) is 26.3 Å². The molecular weight excluding hydrogens is 295 g/mol. The molecule has 0 radical (unpaired) electrons. The van der Waals surface area contributed by atoms with Crippen LogP contribution in [0.3, 0.4) is 0 Å². The largest absolute Gasteiger partial charge is 0.479 e. The van der Waals surface area contributed by atoms with E-state index in [2.05, 4.69) is 5.32 Å². The van der Waals surface area contributed by atoms with Crippen LogP contribution in [0.15, 0.2) is 24.3 Å². The Morgan fingerprint density at radius 3 is 2.20 bits per heavy atom. The van der Waals surface area contributed by atoms with Crippen molar-refractivity contribution in [1.29, 1.82) is 0 Å². The third kappa shape index (κ3) is 3.36. The zero-order valence-corrected chi connectivity index (χ0v) is 11.9. The molecule has 0 aliphatic carbocycles. The van der Waals surface area contributed by atoms with E-state index in [1.54, 1.807) is 20.8 Å². The summed E-state index contributed by atoms with van der Waals surface area (Å²) in [6.45, 7) is 4.73. The van der Waals surface area contributed by atoms with Crippen LogP contribution in [0.5, 0.6) is 0 Å². The molecule has 3 nitrogen and oxygen atoms in total. The van der Waals surface area contributed by atoms with E-state index < -0.39 is 28.1 Å². The van der Waals surface area contributed by atoms with Gasteiger partial charge in [0.15, 0.2) is 0 Å². The molecule has 20 heavy (non-hydrogen) atoms. The first-order valence-electron chi connectivity index (χ1n) is 5.76. The summed E-state index contributed by atoms with van der Waals surface area (Å²) in [7, 11) is 0. The van der Waals surface area contributed by atoms with Crippen LogP contribution in [0, 0.1) is 5.41 Å². The van der Waals surface area contributed by atoms with E-state index in [9.17, 15) is 23.1 Å². The maximum absolute atomic E-state index is 12.6. The van der Waals surface area contributed by atoms with Gasteiger partial charge in [0.05, 0.1) is 5.56 Å². The third-order valence-corrected chi connectivity index (χ3v) is 3.66. The lowest BCUT2D eigenvalue weighted by Gasteiger charge is -2.37. The number of alkyl halides is 4. The Kier molecular flexibility index (Phi) is 4.29. The number of hydrogen-bond donors (Lipinski definition) is 2. The second-order valence-electron chi connectivity index (χ2n) is 5.42. The zero-order chi connectivity index (χ0) is 15.8. The van der Waals surface area contributed by atoms with Crippen molar-refractivity contribution in [1.82, 2.24) is 0 Å². The average molecular weight is 310 g/mol. The van der Waals surface area contributed by atoms with Crippen molar-refractivity contribution in [2.75, 3.05) is 5.32 Å². The summed E-state index contributed by atoms with van der Waals surface area (Å²) in [5, 5.41) is 11.7. The Morgan fingerprint density at radius 1 is 1.25 bits per heavy atom. The second kappa shape index (κ2) is 5.16. The average Bonchev–Trinajstić information content (AvgIpc) is 2.26. The summed E-state index contributed by atoms with van der Waals surface area (Å²) in [5.74, 6) is -1.36. The molecule has 1 aromatic rings. The predicted octanol–water partition coefficient (Wildman–Crippen LogP) is 4.18. The first-order valence-corrected chi connectivity index (χ1v) is 6.13. The topological polar surface area (TPSA) is 49.3 Å². The predicted molar refractivity (Wildman–Crippen MR) is 70.7 cm³/mol. The van der Waals surface area contributed by atoms with Gasteiger partial charge in [-0.2, -0.15) is 13.2 Å². The number of carboxylic acids is 1. The normalized spacial score (nSPS) is 15.6. The molecule has 1 atom stereocenters. The Hall–Kier alpha value is -1.43. The van der Waals surface area contributed by atoms with Gasteiger partial charge in [-0.3, -0.25) is 0 Å². The minimum atomic E-state index is -4.50. The molecule has 7 heteroatoms. The summed E-state index contributed by atoms with van der Waals surface area (Å²) >= 11 is 6.06. The Labute approximate surface area is 119 Å². The minimum absolute atomic E-state index is 0.00727. The van der Waals surface area contributed by atoms with Crippen molar-refractivity contribution in [3.8, 4) is 0 Å². The van der Waals surface area contributed by atoms with E-state index in [4.69, 9.17) is 11.6 Å². The fourth-order valence-electron chi connectivity index (χ4n) is 1.53. The Bertz CT molecular complexity index is 511. The maximum Gasteiger partial charge on any atom is 0.416 e. The van der Waals surface area contributed by atoms with Gasteiger partial charge in [0.1, 0.15) is 0 Å². The smallest absolute Gasteiger partial charge is 0.416 e. The molecule has 1 unspecified atom stereocenters. The number of carbonyl (C=O) groups is 1. The van der Waals surface area contributed by atoms with Crippen LogP contribution in [-0.4, -0.2) is 16.1 Å². The molecule has 112 valence electrons. The molecule has 0 heterocycles. The first-order chi connectivity index (χ1) is 8.88. The van der Waals surface area contributed by atoms with E-state index in [1.807, 2.05) is 0 Å². The summed E-state index contributed by atoms with van der Waals surface area (Å²) in [4.78, 5) is 9.42. The highest BCUT2D eigenvalue weighted by Gasteiger charge is 2.47. The van der Waals surface area contributed by atoms with Crippen molar-refractivity contribution in [3.63, 3.8) is 0 Å². The minimum Gasteiger partial charge on any atom is -0.479 e. The number of nitrogens with one attached hydrogen (secondary N) is 1. The van der Waals surface area contributed by atoms with Crippen LogP contribution < -0.4 is 5.32 Å². The van der Waals surface area contributed by atoms with E-state index in [0.717, 1.165) is 12.1 Å². The quantitative estimate of drug-likeness (QED) is 0.650. The Morgan fingerprint density at radius 2 is 1.80 bits per heavy atom.